The average molecular weight is 321 g/mol. The second kappa shape index (κ2) is 6.09. The molecular weight excluding hydrogens is 312 g/mol. The summed E-state index contributed by atoms with van der Waals surface area (Å²) in [6, 6.07) is 5.64. The van der Waals surface area contributed by atoms with Crippen LogP contribution in [0.1, 0.15) is 0 Å². The normalized spacial score (nSPS) is 10.8. The third-order valence-electron chi connectivity index (χ3n) is 2.54. The first-order valence-corrected chi connectivity index (χ1v) is 6.01. The van der Waals surface area contributed by atoms with Gasteiger partial charge in [-0.15, -0.1) is 0 Å². The minimum absolute atomic E-state index is 0.0148. The molecule has 0 atom stereocenters. The van der Waals surface area contributed by atoms with Crippen molar-refractivity contribution in [2.24, 2.45) is 0 Å². The zero-order chi connectivity index (χ0) is 15.6. The number of hydrogen-bond donors (Lipinski definition) is 2. The molecule has 0 radical (unpaired) electrons. The zero-order valence-electron chi connectivity index (χ0n) is 10.3. The van der Waals surface area contributed by atoms with Crippen LogP contribution in [0.5, 0.6) is 5.75 Å². The maximum absolute atomic E-state index is 13.6. The summed E-state index contributed by atoms with van der Waals surface area (Å²) in [7, 11) is 0. The van der Waals surface area contributed by atoms with E-state index in [2.05, 4.69) is 10.1 Å². The first-order valence-electron chi connectivity index (χ1n) is 5.63. The fourth-order valence-electron chi connectivity index (χ4n) is 1.62. The Hall–Kier alpha value is -2.15. The van der Waals surface area contributed by atoms with Crippen LogP contribution in [0.4, 0.5) is 34.6 Å². The van der Waals surface area contributed by atoms with E-state index in [-0.39, 0.29) is 22.1 Å². The lowest BCUT2D eigenvalue weighted by atomic mass is 10.2. The highest BCUT2D eigenvalue weighted by molar-refractivity contribution is 6.33. The van der Waals surface area contributed by atoms with Gasteiger partial charge in [0.1, 0.15) is 5.82 Å². The molecule has 0 aromatic heterocycles. The van der Waals surface area contributed by atoms with Crippen molar-refractivity contribution in [2.75, 3.05) is 11.1 Å². The van der Waals surface area contributed by atoms with Crippen LogP contribution >= 0.6 is 11.6 Å². The highest BCUT2D eigenvalue weighted by atomic mass is 35.5. The van der Waals surface area contributed by atoms with Crippen molar-refractivity contribution < 1.29 is 22.3 Å². The Morgan fingerprint density at radius 2 is 1.86 bits per heavy atom. The Labute approximate surface area is 122 Å². The molecule has 2 aromatic carbocycles. The Bertz CT molecular complexity index is 647. The molecule has 0 saturated heterocycles. The quantitative estimate of drug-likeness (QED) is 0.642. The molecule has 3 nitrogen and oxygen atoms in total. The smallest absolute Gasteiger partial charge is 0.387 e. The van der Waals surface area contributed by atoms with Gasteiger partial charge in [-0.2, -0.15) is 8.78 Å². The van der Waals surface area contributed by atoms with Crippen molar-refractivity contribution in [3.8, 4) is 5.75 Å². The standard InChI is InChI=1S/C13H9ClF4N2O/c14-6-2-1-3-7(15)12(6)20-10-5-11(21-13(17)18)8(16)4-9(10)19/h1-5,13,20H,19H2. The summed E-state index contributed by atoms with van der Waals surface area (Å²) in [4.78, 5) is 0. The molecule has 0 unspecified atom stereocenters. The second-order valence-electron chi connectivity index (χ2n) is 3.97. The minimum Gasteiger partial charge on any atom is -0.432 e. The van der Waals surface area contributed by atoms with Gasteiger partial charge in [0.2, 0.25) is 0 Å². The van der Waals surface area contributed by atoms with Crippen LogP contribution in [-0.4, -0.2) is 6.61 Å². The number of anilines is 3. The average Bonchev–Trinajstić information content (AvgIpc) is 2.38. The van der Waals surface area contributed by atoms with Gasteiger partial charge in [0.05, 0.1) is 22.1 Å². The van der Waals surface area contributed by atoms with Crippen molar-refractivity contribution in [2.45, 2.75) is 6.61 Å². The Morgan fingerprint density at radius 1 is 1.14 bits per heavy atom. The van der Waals surface area contributed by atoms with Crippen molar-refractivity contribution in [1.29, 1.82) is 0 Å². The summed E-state index contributed by atoms with van der Waals surface area (Å²) >= 11 is 5.82. The van der Waals surface area contributed by atoms with E-state index in [0.717, 1.165) is 18.2 Å². The maximum atomic E-state index is 13.6. The molecule has 0 saturated carbocycles. The van der Waals surface area contributed by atoms with Gasteiger partial charge in [-0.3, -0.25) is 0 Å². The van der Waals surface area contributed by atoms with E-state index in [0.29, 0.717) is 0 Å². The highest BCUT2D eigenvalue weighted by Gasteiger charge is 2.15. The van der Waals surface area contributed by atoms with Crippen LogP contribution < -0.4 is 15.8 Å². The lowest BCUT2D eigenvalue weighted by Gasteiger charge is -2.14. The molecule has 0 fully saturated rings. The lowest BCUT2D eigenvalue weighted by molar-refractivity contribution is -0.0521. The number of hydrogen-bond acceptors (Lipinski definition) is 3. The van der Waals surface area contributed by atoms with Crippen LogP contribution in [0.15, 0.2) is 30.3 Å². The van der Waals surface area contributed by atoms with Crippen molar-refractivity contribution in [1.82, 2.24) is 0 Å². The maximum Gasteiger partial charge on any atom is 0.387 e. The molecule has 0 aliphatic carbocycles. The SMILES string of the molecule is Nc1cc(F)c(OC(F)F)cc1Nc1c(F)cccc1Cl. The number of rotatable bonds is 4. The fraction of sp³-hybridized carbons (Fsp3) is 0.0769. The van der Waals surface area contributed by atoms with Crippen LogP contribution in [0.3, 0.4) is 0 Å². The Morgan fingerprint density at radius 3 is 2.48 bits per heavy atom. The molecule has 0 bridgehead atoms. The number of halogens is 5. The molecule has 0 aliphatic rings. The number of nitrogens with one attached hydrogen (secondary N) is 1. The summed E-state index contributed by atoms with van der Waals surface area (Å²) in [5, 5.41) is 2.58. The lowest BCUT2D eigenvalue weighted by Crippen LogP contribution is -2.06. The van der Waals surface area contributed by atoms with E-state index in [9.17, 15) is 17.6 Å². The largest absolute Gasteiger partial charge is 0.432 e. The topological polar surface area (TPSA) is 47.3 Å². The molecule has 3 N–H and O–H groups in total. The molecule has 0 amide bonds. The number of ether oxygens (including phenoxy) is 1. The van der Waals surface area contributed by atoms with Crippen LogP contribution in [-0.2, 0) is 0 Å². The number of benzene rings is 2. The van der Waals surface area contributed by atoms with Gasteiger partial charge >= 0.3 is 6.61 Å². The number of nitrogen functional groups attached to an aromatic ring is 1. The van der Waals surface area contributed by atoms with Crippen molar-refractivity contribution >= 4 is 28.7 Å². The molecule has 8 heteroatoms. The molecule has 0 spiro atoms. The predicted octanol–water partition coefficient (Wildman–Crippen LogP) is 4.55. The summed E-state index contributed by atoms with van der Waals surface area (Å²) in [6.07, 6.45) is 0. The van der Waals surface area contributed by atoms with Gasteiger partial charge in [-0.1, -0.05) is 17.7 Å². The number of nitrogens with two attached hydrogens (primary N) is 1. The van der Waals surface area contributed by atoms with E-state index in [4.69, 9.17) is 17.3 Å². The first kappa shape index (κ1) is 15.2. The van der Waals surface area contributed by atoms with E-state index in [1.165, 1.54) is 12.1 Å². The van der Waals surface area contributed by atoms with Crippen LogP contribution in [0.2, 0.25) is 5.02 Å². The Kier molecular flexibility index (Phi) is 4.42. The third-order valence-corrected chi connectivity index (χ3v) is 2.86. The third kappa shape index (κ3) is 3.49. The predicted molar refractivity (Wildman–Crippen MR) is 72.1 cm³/mol. The zero-order valence-corrected chi connectivity index (χ0v) is 11.1. The van der Waals surface area contributed by atoms with Crippen molar-refractivity contribution in [3.63, 3.8) is 0 Å². The first-order chi connectivity index (χ1) is 9.88. The molecule has 21 heavy (non-hydrogen) atoms. The van der Waals surface area contributed by atoms with E-state index < -0.39 is 24.0 Å². The summed E-state index contributed by atoms with van der Waals surface area (Å²) in [6.45, 7) is -3.20. The fourth-order valence-corrected chi connectivity index (χ4v) is 1.83. The van der Waals surface area contributed by atoms with E-state index >= 15 is 0 Å². The monoisotopic (exact) mass is 320 g/mol. The molecule has 2 rings (SSSR count). The minimum atomic E-state index is -3.20. The van der Waals surface area contributed by atoms with Gasteiger partial charge in [0.15, 0.2) is 11.6 Å². The summed E-state index contributed by atoms with van der Waals surface area (Å²) in [5.41, 5.74) is 5.32. The van der Waals surface area contributed by atoms with Crippen molar-refractivity contribution in [3.05, 3.63) is 47.0 Å². The van der Waals surface area contributed by atoms with Crippen LogP contribution in [0, 0.1) is 11.6 Å². The number of alkyl halides is 2. The molecule has 2 aromatic rings. The van der Waals surface area contributed by atoms with E-state index in [1.807, 2.05) is 0 Å². The molecule has 0 heterocycles. The van der Waals surface area contributed by atoms with Gasteiger partial charge in [-0.05, 0) is 12.1 Å². The van der Waals surface area contributed by atoms with Gasteiger partial charge in [0, 0.05) is 12.1 Å². The van der Waals surface area contributed by atoms with E-state index in [1.54, 1.807) is 0 Å². The van der Waals surface area contributed by atoms with Gasteiger partial charge in [0.25, 0.3) is 0 Å². The van der Waals surface area contributed by atoms with Crippen LogP contribution in [0.25, 0.3) is 0 Å². The summed E-state index contributed by atoms with van der Waals surface area (Å²) < 4.78 is 55.4. The van der Waals surface area contributed by atoms with Gasteiger partial charge in [-0.25, -0.2) is 8.78 Å². The Balaban J connectivity index is 2.40. The molecular formula is C13H9ClF4N2O. The molecule has 0 aliphatic heterocycles. The summed E-state index contributed by atoms with van der Waals surface area (Å²) in [5.74, 6) is -2.45. The highest BCUT2D eigenvalue weighted by Crippen LogP contribution is 2.34. The second-order valence-corrected chi connectivity index (χ2v) is 4.38. The number of para-hydroxylation sites is 1. The van der Waals surface area contributed by atoms with Gasteiger partial charge < -0.3 is 15.8 Å². The molecule has 112 valence electrons.